The summed E-state index contributed by atoms with van der Waals surface area (Å²) in [6, 6.07) is 13.5. The minimum absolute atomic E-state index is 0.300. The van der Waals surface area contributed by atoms with E-state index in [0.29, 0.717) is 5.11 Å². The van der Waals surface area contributed by atoms with E-state index in [9.17, 15) is 4.79 Å². The molecular formula is C20H23N3O2S. The summed E-state index contributed by atoms with van der Waals surface area (Å²) in [6.07, 6.45) is 4.04. The molecule has 1 amide bonds. The van der Waals surface area contributed by atoms with Crippen molar-refractivity contribution in [3.8, 4) is 5.75 Å². The maximum Gasteiger partial charge on any atom is 0.262 e. The molecular weight excluding hydrogens is 346 g/mol. The quantitative estimate of drug-likeness (QED) is 0.427. The molecule has 2 aromatic carbocycles. The van der Waals surface area contributed by atoms with E-state index in [-0.39, 0.29) is 5.91 Å². The molecule has 26 heavy (non-hydrogen) atoms. The molecule has 3 N–H and O–H groups in total. The third kappa shape index (κ3) is 5.60. The molecule has 0 aromatic heterocycles. The van der Waals surface area contributed by atoms with Crippen molar-refractivity contribution >= 4 is 35.0 Å². The van der Waals surface area contributed by atoms with Gasteiger partial charge in [-0.15, -0.1) is 0 Å². The van der Waals surface area contributed by atoms with E-state index in [1.807, 2.05) is 49.4 Å². The molecule has 0 spiro atoms. The van der Waals surface area contributed by atoms with Gasteiger partial charge in [-0.1, -0.05) is 37.3 Å². The van der Waals surface area contributed by atoms with Crippen molar-refractivity contribution < 1.29 is 9.53 Å². The van der Waals surface area contributed by atoms with Gasteiger partial charge in [0, 0.05) is 11.8 Å². The zero-order valence-corrected chi connectivity index (χ0v) is 15.9. The number of hydrazine groups is 1. The normalized spacial score (nSPS) is 10.4. The van der Waals surface area contributed by atoms with Crippen LogP contribution in [0.5, 0.6) is 5.75 Å². The SMILES string of the molecule is CCc1cccc(C)c1NC(=S)NNC(=O)/C=C/c1ccc(OC)cc1. The van der Waals surface area contributed by atoms with Gasteiger partial charge in [0.05, 0.1) is 7.11 Å². The van der Waals surface area contributed by atoms with Crippen molar-refractivity contribution in [3.05, 3.63) is 65.2 Å². The fourth-order valence-electron chi connectivity index (χ4n) is 2.39. The molecule has 0 fully saturated rings. The first kappa shape index (κ1) is 19.5. The number of para-hydroxylation sites is 1. The molecule has 6 heteroatoms. The van der Waals surface area contributed by atoms with Gasteiger partial charge in [-0.05, 0) is 60.5 Å². The average Bonchev–Trinajstić information content (AvgIpc) is 2.66. The summed E-state index contributed by atoms with van der Waals surface area (Å²) in [6.45, 7) is 4.10. The molecule has 2 rings (SSSR count). The van der Waals surface area contributed by atoms with E-state index < -0.39 is 0 Å². The van der Waals surface area contributed by atoms with Crippen LogP contribution in [0.15, 0.2) is 48.5 Å². The number of rotatable bonds is 5. The number of aryl methyl sites for hydroxylation is 2. The number of hydrogen-bond acceptors (Lipinski definition) is 3. The van der Waals surface area contributed by atoms with E-state index in [1.54, 1.807) is 13.2 Å². The first-order valence-electron chi connectivity index (χ1n) is 8.31. The number of hydrogen-bond donors (Lipinski definition) is 3. The van der Waals surface area contributed by atoms with E-state index in [0.717, 1.165) is 29.0 Å². The summed E-state index contributed by atoms with van der Waals surface area (Å²) in [4.78, 5) is 11.9. The number of methoxy groups -OCH3 is 1. The molecule has 0 aliphatic rings. The molecule has 2 aromatic rings. The number of amides is 1. The first-order chi connectivity index (χ1) is 12.5. The number of benzene rings is 2. The lowest BCUT2D eigenvalue weighted by molar-refractivity contribution is -0.116. The lowest BCUT2D eigenvalue weighted by Gasteiger charge is -2.15. The highest BCUT2D eigenvalue weighted by molar-refractivity contribution is 7.80. The molecule has 5 nitrogen and oxygen atoms in total. The highest BCUT2D eigenvalue weighted by atomic mass is 32.1. The van der Waals surface area contributed by atoms with Gasteiger partial charge in [-0.25, -0.2) is 0 Å². The fraction of sp³-hybridized carbons (Fsp3) is 0.200. The Balaban J connectivity index is 1.87. The van der Waals surface area contributed by atoms with Crippen LogP contribution in [0.25, 0.3) is 6.08 Å². The van der Waals surface area contributed by atoms with E-state index in [4.69, 9.17) is 17.0 Å². The van der Waals surface area contributed by atoms with Gasteiger partial charge in [-0.2, -0.15) is 0 Å². The second-order valence-corrected chi connectivity index (χ2v) is 6.05. The Hall–Kier alpha value is -2.86. The summed E-state index contributed by atoms with van der Waals surface area (Å²) < 4.78 is 5.10. The molecule has 0 bridgehead atoms. The zero-order chi connectivity index (χ0) is 18.9. The summed E-state index contributed by atoms with van der Waals surface area (Å²) in [5.41, 5.74) is 9.39. The van der Waals surface area contributed by atoms with E-state index in [1.165, 1.54) is 11.6 Å². The van der Waals surface area contributed by atoms with Gasteiger partial charge in [0.2, 0.25) is 0 Å². The largest absolute Gasteiger partial charge is 0.497 e. The number of nitrogens with one attached hydrogen (secondary N) is 3. The minimum atomic E-state index is -0.300. The van der Waals surface area contributed by atoms with Crippen molar-refractivity contribution in [3.63, 3.8) is 0 Å². The van der Waals surface area contributed by atoms with Crippen LogP contribution < -0.4 is 20.9 Å². The summed E-state index contributed by atoms with van der Waals surface area (Å²) >= 11 is 5.25. The Morgan fingerprint density at radius 3 is 2.54 bits per heavy atom. The van der Waals surface area contributed by atoms with Crippen LogP contribution in [0.4, 0.5) is 5.69 Å². The second-order valence-electron chi connectivity index (χ2n) is 5.64. The second kappa shape index (κ2) is 9.58. The third-order valence-electron chi connectivity index (χ3n) is 3.82. The maximum atomic E-state index is 11.9. The van der Waals surface area contributed by atoms with Crippen molar-refractivity contribution in [2.75, 3.05) is 12.4 Å². The van der Waals surface area contributed by atoms with Crippen molar-refractivity contribution in [1.82, 2.24) is 10.9 Å². The lowest BCUT2D eigenvalue weighted by atomic mass is 10.1. The molecule has 0 saturated heterocycles. The molecule has 0 unspecified atom stereocenters. The van der Waals surface area contributed by atoms with E-state index >= 15 is 0 Å². The molecule has 0 saturated carbocycles. The Labute approximate surface area is 159 Å². The summed E-state index contributed by atoms with van der Waals surface area (Å²) in [5, 5.41) is 3.47. The minimum Gasteiger partial charge on any atom is -0.497 e. The fourth-order valence-corrected chi connectivity index (χ4v) is 2.55. The number of carbonyl (C=O) groups is 1. The highest BCUT2D eigenvalue weighted by Crippen LogP contribution is 2.20. The first-order valence-corrected chi connectivity index (χ1v) is 8.72. The number of carbonyl (C=O) groups excluding carboxylic acids is 1. The highest BCUT2D eigenvalue weighted by Gasteiger charge is 2.06. The molecule has 0 aliphatic carbocycles. The Morgan fingerprint density at radius 1 is 1.15 bits per heavy atom. The Kier molecular flexibility index (Phi) is 7.17. The van der Waals surface area contributed by atoms with Gasteiger partial charge in [0.1, 0.15) is 5.75 Å². The summed E-state index contributed by atoms with van der Waals surface area (Å²) in [5.74, 6) is 0.470. The Morgan fingerprint density at radius 2 is 1.88 bits per heavy atom. The predicted molar refractivity (Wildman–Crippen MR) is 110 cm³/mol. The predicted octanol–water partition coefficient (Wildman–Crippen LogP) is 3.60. The Bertz CT molecular complexity index is 801. The summed E-state index contributed by atoms with van der Waals surface area (Å²) in [7, 11) is 1.61. The van der Waals surface area contributed by atoms with Crippen LogP contribution in [0.2, 0.25) is 0 Å². The lowest BCUT2D eigenvalue weighted by Crippen LogP contribution is -2.43. The monoisotopic (exact) mass is 369 g/mol. The number of anilines is 1. The molecule has 0 aliphatic heterocycles. The van der Waals surface area contributed by atoms with Gasteiger partial charge in [0.25, 0.3) is 5.91 Å². The topological polar surface area (TPSA) is 62.4 Å². The van der Waals surface area contributed by atoms with Crippen LogP contribution in [-0.2, 0) is 11.2 Å². The molecule has 136 valence electrons. The van der Waals surface area contributed by atoms with Gasteiger partial charge in [0.15, 0.2) is 5.11 Å². The standard InChI is InChI=1S/C20H23N3O2S/c1-4-16-7-5-6-14(2)19(16)21-20(26)23-22-18(24)13-10-15-8-11-17(25-3)12-9-15/h5-13H,4H2,1-3H3,(H,22,24)(H2,21,23,26)/b13-10+. The smallest absolute Gasteiger partial charge is 0.262 e. The third-order valence-corrected chi connectivity index (χ3v) is 4.02. The number of thiocarbonyl (C=S) groups is 1. The van der Waals surface area contributed by atoms with Gasteiger partial charge >= 0.3 is 0 Å². The number of ether oxygens (including phenoxy) is 1. The van der Waals surface area contributed by atoms with E-state index in [2.05, 4.69) is 23.1 Å². The average molecular weight is 369 g/mol. The molecule has 0 atom stereocenters. The molecule has 0 heterocycles. The van der Waals surface area contributed by atoms with Crippen molar-refractivity contribution in [2.45, 2.75) is 20.3 Å². The zero-order valence-electron chi connectivity index (χ0n) is 15.1. The van der Waals surface area contributed by atoms with Crippen LogP contribution in [0, 0.1) is 6.92 Å². The van der Waals surface area contributed by atoms with Crippen molar-refractivity contribution in [2.24, 2.45) is 0 Å². The van der Waals surface area contributed by atoms with Crippen LogP contribution in [-0.4, -0.2) is 18.1 Å². The van der Waals surface area contributed by atoms with Crippen molar-refractivity contribution in [1.29, 1.82) is 0 Å². The van der Waals surface area contributed by atoms with Gasteiger partial charge < -0.3 is 10.1 Å². The van der Waals surface area contributed by atoms with Crippen LogP contribution in [0.3, 0.4) is 0 Å². The van der Waals surface area contributed by atoms with Crippen LogP contribution >= 0.6 is 12.2 Å². The maximum absolute atomic E-state index is 11.9. The molecule has 0 radical (unpaired) electrons. The van der Waals surface area contributed by atoms with Gasteiger partial charge in [-0.3, -0.25) is 15.6 Å². The van der Waals surface area contributed by atoms with Crippen LogP contribution in [0.1, 0.15) is 23.6 Å².